The van der Waals surface area contributed by atoms with Crippen molar-refractivity contribution in [1.29, 1.82) is 0 Å². The molecule has 0 aliphatic rings. The summed E-state index contributed by atoms with van der Waals surface area (Å²) in [6.07, 6.45) is -1.33. The summed E-state index contributed by atoms with van der Waals surface area (Å²) >= 11 is 0. The molecule has 0 fully saturated rings. The Morgan fingerprint density at radius 2 is 1.40 bits per heavy atom. The smallest absolute Gasteiger partial charge is 0.326 e. The number of aliphatic carboxylic acids is 2. The van der Waals surface area contributed by atoms with E-state index in [1.807, 2.05) is 0 Å². The maximum Gasteiger partial charge on any atom is 0.326 e. The third kappa shape index (κ3) is 10.2. The molecule has 35 heavy (non-hydrogen) atoms. The van der Waals surface area contributed by atoms with Crippen LogP contribution in [0.5, 0.6) is 0 Å². The number of amides is 4. The first-order chi connectivity index (χ1) is 16.3. The summed E-state index contributed by atoms with van der Waals surface area (Å²) in [5.41, 5.74) is 11.3. The number of hydrogen-bond acceptors (Lipinski definition) is 7. The molecular weight excluding hydrogens is 462 g/mol. The van der Waals surface area contributed by atoms with Gasteiger partial charge < -0.3 is 37.6 Å². The summed E-state index contributed by atoms with van der Waals surface area (Å²) < 4.78 is 0. The molecule has 0 saturated heterocycles. The molecule has 192 valence electrons. The summed E-state index contributed by atoms with van der Waals surface area (Å²) in [4.78, 5) is 71.6. The molecule has 1 rings (SSSR count). The van der Waals surface area contributed by atoms with Crippen LogP contribution in [-0.4, -0.2) is 69.9 Å². The number of carboxylic acid groups (broad SMARTS) is 2. The third-order valence-electron chi connectivity index (χ3n) is 4.91. The van der Waals surface area contributed by atoms with Crippen molar-refractivity contribution in [2.75, 3.05) is 0 Å². The van der Waals surface area contributed by atoms with Crippen molar-refractivity contribution in [2.45, 2.75) is 57.3 Å². The molecule has 0 bridgehead atoms. The maximum atomic E-state index is 13.0. The Morgan fingerprint density at radius 3 is 1.89 bits per heavy atom. The lowest BCUT2D eigenvalue weighted by Gasteiger charge is -2.27. The fourth-order valence-corrected chi connectivity index (χ4v) is 3.07. The molecule has 4 unspecified atom stereocenters. The zero-order valence-electron chi connectivity index (χ0n) is 19.4. The zero-order valence-corrected chi connectivity index (χ0v) is 19.4. The molecule has 13 nitrogen and oxygen atoms in total. The summed E-state index contributed by atoms with van der Waals surface area (Å²) in [5.74, 6) is -6.71. The molecule has 1 aromatic carbocycles. The average Bonchev–Trinajstić information content (AvgIpc) is 2.75. The molecule has 4 amide bonds. The van der Waals surface area contributed by atoms with E-state index in [0.29, 0.717) is 5.56 Å². The highest BCUT2D eigenvalue weighted by Crippen LogP contribution is 2.08. The highest BCUT2D eigenvalue weighted by molar-refractivity contribution is 5.95. The second-order valence-corrected chi connectivity index (χ2v) is 8.26. The van der Waals surface area contributed by atoms with Gasteiger partial charge in [0.15, 0.2) is 0 Å². The van der Waals surface area contributed by atoms with Gasteiger partial charge in [0.2, 0.25) is 23.6 Å². The van der Waals surface area contributed by atoms with Crippen LogP contribution in [0, 0.1) is 5.92 Å². The molecule has 0 radical (unpaired) electrons. The van der Waals surface area contributed by atoms with E-state index in [2.05, 4.69) is 16.0 Å². The molecule has 13 heteroatoms. The van der Waals surface area contributed by atoms with Crippen molar-refractivity contribution in [2.24, 2.45) is 17.4 Å². The molecular formula is C22H31N5O8. The average molecular weight is 494 g/mol. The number of hydrogen-bond donors (Lipinski definition) is 7. The van der Waals surface area contributed by atoms with Gasteiger partial charge >= 0.3 is 11.9 Å². The van der Waals surface area contributed by atoms with Crippen LogP contribution in [0.2, 0.25) is 0 Å². The van der Waals surface area contributed by atoms with Gasteiger partial charge in [0.1, 0.15) is 18.1 Å². The Balaban J connectivity index is 3.10. The van der Waals surface area contributed by atoms with Crippen LogP contribution >= 0.6 is 0 Å². The fourth-order valence-electron chi connectivity index (χ4n) is 3.07. The second-order valence-electron chi connectivity index (χ2n) is 8.26. The summed E-state index contributed by atoms with van der Waals surface area (Å²) in [6.45, 7) is 3.24. The molecule has 1 aromatic rings. The van der Waals surface area contributed by atoms with Crippen molar-refractivity contribution in [3.8, 4) is 0 Å². The Labute approximate surface area is 201 Å². The van der Waals surface area contributed by atoms with Crippen LogP contribution in [0.3, 0.4) is 0 Å². The van der Waals surface area contributed by atoms with Gasteiger partial charge in [-0.15, -0.1) is 0 Å². The van der Waals surface area contributed by atoms with E-state index in [1.54, 1.807) is 44.2 Å². The lowest BCUT2D eigenvalue weighted by Crippen LogP contribution is -2.59. The molecule has 0 aromatic heterocycles. The molecule has 4 atom stereocenters. The van der Waals surface area contributed by atoms with E-state index in [-0.39, 0.29) is 6.42 Å². The molecule has 0 saturated carbocycles. The standard InChI is InChI=1S/C22H31N5O8/c1-11(2)18(27-19(31)13(23)9-17(29)30)21(33)25-14(8-12-6-4-3-5-7-12)20(32)26-15(22(34)35)10-16(24)28/h3-7,11,13-15,18H,8-10,23H2,1-2H3,(H2,24,28)(H,25,33)(H,26,32)(H,27,31)(H,29,30)(H,34,35). The van der Waals surface area contributed by atoms with Gasteiger partial charge in [0.25, 0.3) is 0 Å². The Hall–Kier alpha value is -4.00. The number of nitrogens with two attached hydrogens (primary N) is 2. The Morgan fingerprint density at radius 1 is 0.829 bits per heavy atom. The molecule has 0 spiro atoms. The Kier molecular flexibility index (Phi) is 11.3. The zero-order chi connectivity index (χ0) is 26.7. The number of nitrogens with one attached hydrogen (secondary N) is 3. The molecule has 0 aliphatic heterocycles. The predicted molar refractivity (Wildman–Crippen MR) is 122 cm³/mol. The number of carbonyl (C=O) groups is 6. The number of carboxylic acids is 2. The van der Waals surface area contributed by atoms with Crippen molar-refractivity contribution in [3.63, 3.8) is 0 Å². The maximum absolute atomic E-state index is 13.0. The van der Waals surface area contributed by atoms with Crippen LogP contribution in [0.1, 0.15) is 32.3 Å². The van der Waals surface area contributed by atoms with Gasteiger partial charge in [-0.2, -0.15) is 0 Å². The van der Waals surface area contributed by atoms with Crippen molar-refractivity contribution in [3.05, 3.63) is 35.9 Å². The van der Waals surface area contributed by atoms with Gasteiger partial charge in [0, 0.05) is 6.42 Å². The van der Waals surface area contributed by atoms with E-state index < -0.39 is 78.5 Å². The quantitative estimate of drug-likeness (QED) is 0.153. The first-order valence-electron chi connectivity index (χ1n) is 10.7. The van der Waals surface area contributed by atoms with Crippen molar-refractivity contribution >= 4 is 35.6 Å². The SMILES string of the molecule is CC(C)C(NC(=O)C(N)CC(=O)O)C(=O)NC(Cc1ccccc1)C(=O)NC(CC(N)=O)C(=O)O. The largest absolute Gasteiger partial charge is 0.481 e. The van der Waals surface area contributed by atoms with Crippen molar-refractivity contribution in [1.82, 2.24) is 16.0 Å². The van der Waals surface area contributed by atoms with Gasteiger partial charge in [-0.05, 0) is 11.5 Å². The van der Waals surface area contributed by atoms with E-state index in [9.17, 15) is 33.9 Å². The van der Waals surface area contributed by atoms with E-state index in [4.69, 9.17) is 16.6 Å². The lowest BCUT2D eigenvalue weighted by atomic mass is 10.00. The number of rotatable bonds is 14. The minimum absolute atomic E-state index is 0.0292. The summed E-state index contributed by atoms with van der Waals surface area (Å²) in [7, 11) is 0. The van der Waals surface area contributed by atoms with E-state index in [0.717, 1.165) is 0 Å². The van der Waals surface area contributed by atoms with Gasteiger partial charge in [-0.1, -0.05) is 44.2 Å². The fraction of sp³-hybridized carbons (Fsp3) is 0.455. The van der Waals surface area contributed by atoms with Crippen LogP contribution < -0.4 is 27.4 Å². The first-order valence-corrected chi connectivity index (χ1v) is 10.7. The van der Waals surface area contributed by atoms with Gasteiger partial charge in [-0.25, -0.2) is 4.79 Å². The van der Waals surface area contributed by atoms with Gasteiger partial charge in [0.05, 0.1) is 18.9 Å². The van der Waals surface area contributed by atoms with E-state index >= 15 is 0 Å². The minimum atomic E-state index is -1.61. The molecule has 0 heterocycles. The minimum Gasteiger partial charge on any atom is -0.481 e. The Bertz CT molecular complexity index is 937. The first kappa shape index (κ1) is 29.0. The topological polar surface area (TPSA) is 231 Å². The van der Waals surface area contributed by atoms with Crippen LogP contribution in [0.4, 0.5) is 0 Å². The van der Waals surface area contributed by atoms with Crippen LogP contribution in [0.15, 0.2) is 30.3 Å². The normalized spacial score (nSPS) is 14.2. The highest BCUT2D eigenvalue weighted by atomic mass is 16.4. The van der Waals surface area contributed by atoms with Gasteiger partial charge in [-0.3, -0.25) is 24.0 Å². The lowest BCUT2D eigenvalue weighted by molar-refractivity contribution is -0.143. The van der Waals surface area contributed by atoms with E-state index in [1.165, 1.54) is 0 Å². The van der Waals surface area contributed by atoms with Crippen LogP contribution in [0.25, 0.3) is 0 Å². The highest BCUT2D eigenvalue weighted by Gasteiger charge is 2.32. The number of carbonyl (C=O) groups excluding carboxylic acids is 4. The monoisotopic (exact) mass is 493 g/mol. The predicted octanol–water partition coefficient (Wildman–Crippen LogP) is -1.90. The number of primary amides is 1. The molecule has 9 N–H and O–H groups in total. The summed E-state index contributed by atoms with van der Waals surface area (Å²) in [6, 6.07) is 3.10. The molecule has 0 aliphatic carbocycles. The summed E-state index contributed by atoms with van der Waals surface area (Å²) in [5, 5.41) is 25.2. The van der Waals surface area contributed by atoms with Crippen LogP contribution in [-0.2, 0) is 35.2 Å². The second kappa shape index (κ2) is 13.6. The third-order valence-corrected chi connectivity index (χ3v) is 4.91. The number of benzene rings is 1. The van der Waals surface area contributed by atoms with Crippen molar-refractivity contribution < 1.29 is 39.0 Å².